The van der Waals surface area contributed by atoms with Gasteiger partial charge in [0.15, 0.2) is 5.71 Å². The van der Waals surface area contributed by atoms with Crippen molar-refractivity contribution in [3.8, 4) is 12.1 Å². The van der Waals surface area contributed by atoms with E-state index in [1.54, 1.807) is 18.2 Å². The van der Waals surface area contributed by atoms with Crippen LogP contribution in [0.4, 0.5) is 11.4 Å². The number of anilines is 2. The van der Waals surface area contributed by atoms with Crippen LogP contribution in [-0.4, -0.2) is 115 Å². The third kappa shape index (κ3) is 7.91. The van der Waals surface area contributed by atoms with Gasteiger partial charge in [0.1, 0.15) is 26.2 Å². The van der Waals surface area contributed by atoms with Crippen molar-refractivity contribution in [1.29, 1.82) is 10.5 Å². The average Bonchev–Trinajstić information content (AvgIpc) is 4.00. The molecule has 0 radical (unpaired) electrons. The number of nitriles is 2. The SMILES string of the molecule is Cc1ccc(NS(=O)(=O)c2ccc(S(=O)(=O)N3CC(=[N+](C)C)CC3Cc3ccc(NS(=O)(=O)c4ccc(S(=O)(=O)N(C)C5CNC5)cc4)c4[nH]cc(C#N)c34)cc2)c2[nH]cc(C#N)c12. The highest BCUT2D eigenvalue weighted by Gasteiger charge is 2.42. The first kappa shape index (κ1) is 44.5. The van der Waals surface area contributed by atoms with Crippen LogP contribution < -0.4 is 14.8 Å². The fraction of sp³-hybridized carbons (Fsp3) is 0.262. The summed E-state index contributed by atoms with van der Waals surface area (Å²) in [6.07, 6.45) is 3.40. The summed E-state index contributed by atoms with van der Waals surface area (Å²) in [4.78, 5) is 5.39. The van der Waals surface area contributed by atoms with Crippen molar-refractivity contribution in [1.82, 2.24) is 23.9 Å². The Hall–Kier alpha value is -6.11. The van der Waals surface area contributed by atoms with Gasteiger partial charge in [0, 0.05) is 61.8 Å². The summed E-state index contributed by atoms with van der Waals surface area (Å²) in [7, 11) is -11.5. The van der Waals surface area contributed by atoms with Crippen LogP contribution in [0.2, 0.25) is 0 Å². The Morgan fingerprint density at radius 2 is 1.22 bits per heavy atom. The maximum absolute atomic E-state index is 14.4. The first-order valence-electron chi connectivity index (χ1n) is 19.8. The van der Waals surface area contributed by atoms with Crippen LogP contribution in [0.5, 0.6) is 0 Å². The molecule has 1 unspecified atom stereocenters. The quantitative estimate of drug-likeness (QED) is 0.105. The highest BCUT2D eigenvalue weighted by Crippen LogP contribution is 2.35. The van der Waals surface area contributed by atoms with Gasteiger partial charge in [-0.05, 0) is 85.1 Å². The molecule has 2 aromatic heterocycles. The summed E-state index contributed by atoms with van der Waals surface area (Å²) >= 11 is 0. The number of H-pyrrole nitrogens is 2. The summed E-state index contributed by atoms with van der Waals surface area (Å²) in [6.45, 7) is 2.89. The molecular weight excluding hydrogens is 901 g/mol. The van der Waals surface area contributed by atoms with Gasteiger partial charge in [0.25, 0.3) is 20.0 Å². The van der Waals surface area contributed by atoms with Gasteiger partial charge in [0.05, 0.1) is 59.7 Å². The number of aromatic nitrogens is 2. The summed E-state index contributed by atoms with van der Waals surface area (Å²) in [5, 5.41) is 23.7. The zero-order valence-electron chi connectivity index (χ0n) is 34.9. The molecule has 2 aliphatic rings. The normalized spacial score (nSPS) is 16.5. The number of aromatic amines is 2. The number of nitrogens with one attached hydrogen (secondary N) is 5. The van der Waals surface area contributed by atoms with Crippen molar-refractivity contribution in [3.05, 3.63) is 107 Å². The van der Waals surface area contributed by atoms with E-state index in [1.807, 2.05) is 25.6 Å². The Morgan fingerprint density at radius 1 is 0.719 bits per heavy atom. The van der Waals surface area contributed by atoms with Crippen molar-refractivity contribution in [2.45, 2.75) is 51.4 Å². The molecule has 4 aromatic carbocycles. The largest absolute Gasteiger partial charge is 0.358 e. The predicted molar refractivity (Wildman–Crippen MR) is 240 cm³/mol. The maximum atomic E-state index is 14.4. The van der Waals surface area contributed by atoms with E-state index in [-0.39, 0.29) is 61.0 Å². The molecule has 2 fully saturated rings. The van der Waals surface area contributed by atoms with Gasteiger partial charge in [-0.3, -0.25) is 9.44 Å². The number of sulfonamides is 4. The smallest absolute Gasteiger partial charge is 0.261 e. The molecule has 22 heteroatoms. The average molecular weight is 944 g/mol. The Kier molecular flexibility index (Phi) is 11.4. The fourth-order valence-electron chi connectivity index (χ4n) is 8.05. The molecule has 1 atom stereocenters. The van der Waals surface area contributed by atoms with Gasteiger partial charge < -0.3 is 15.3 Å². The van der Waals surface area contributed by atoms with Gasteiger partial charge in [-0.25, -0.2) is 38.2 Å². The van der Waals surface area contributed by atoms with Crippen LogP contribution in [0.3, 0.4) is 0 Å². The third-order valence-electron chi connectivity index (χ3n) is 11.8. The van der Waals surface area contributed by atoms with Crippen molar-refractivity contribution in [3.63, 3.8) is 0 Å². The summed E-state index contributed by atoms with van der Waals surface area (Å²) in [5.74, 6) is 0. The van der Waals surface area contributed by atoms with E-state index in [0.717, 1.165) is 11.3 Å². The topological polar surface area (TPSA) is 261 Å². The minimum absolute atomic E-state index is 0.0410. The van der Waals surface area contributed by atoms with E-state index in [1.165, 1.54) is 82.6 Å². The lowest BCUT2D eigenvalue weighted by Crippen LogP contribution is -2.57. The van der Waals surface area contributed by atoms with Crippen LogP contribution >= 0.6 is 0 Å². The highest BCUT2D eigenvalue weighted by atomic mass is 32.2. The highest BCUT2D eigenvalue weighted by molar-refractivity contribution is 7.93. The lowest BCUT2D eigenvalue weighted by atomic mass is 9.98. The molecule has 8 rings (SSSR count). The summed E-state index contributed by atoms with van der Waals surface area (Å²) < 4.78 is 119. The van der Waals surface area contributed by atoms with Crippen LogP contribution in [0, 0.1) is 29.6 Å². The number of nitrogens with zero attached hydrogens (tertiary/aromatic N) is 5. The lowest BCUT2D eigenvalue weighted by molar-refractivity contribution is -0.466. The molecule has 5 N–H and O–H groups in total. The molecule has 64 heavy (non-hydrogen) atoms. The number of likely N-dealkylation sites (N-methyl/N-ethyl adjacent to an activating group) is 1. The molecule has 0 saturated carbocycles. The molecule has 4 heterocycles. The molecule has 6 aromatic rings. The number of fused-ring (bicyclic) bond motifs is 2. The lowest BCUT2D eigenvalue weighted by Gasteiger charge is -2.34. The molecule has 0 amide bonds. The second kappa shape index (κ2) is 16.5. The summed E-state index contributed by atoms with van der Waals surface area (Å²) in [6, 6.07) is 19.6. The molecule has 18 nitrogen and oxygen atoms in total. The van der Waals surface area contributed by atoms with E-state index in [4.69, 9.17) is 0 Å². The number of benzene rings is 4. The second-order valence-electron chi connectivity index (χ2n) is 15.9. The van der Waals surface area contributed by atoms with Crippen LogP contribution in [0.25, 0.3) is 21.8 Å². The van der Waals surface area contributed by atoms with Gasteiger partial charge >= 0.3 is 0 Å². The molecule has 332 valence electrons. The van der Waals surface area contributed by atoms with Crippen LogP contribution in [0.15, 0.2) is 105 Å². The van der Waals surface area contributed by atoms with Crippen LogP contribution in [-0.2, 0) is 46.5 Å². The van der Waals surface area contributed by atoms with E-state index >= 15 is 0 Å². The predicted octanol–water partition coefficient (Wildman–Crippen LogP) is 3.61. The monoisotopic (exact) mass is 943 g/mol. The minimum atomic E-state index is -4.27. The summed E-state index contributed by atoms with van der Waals surface area (Å²) in [5.41, 5.74) is 3.79. The Bertz CT molecular complexity index is 3440. The van der Waals surface area contributed by atoms with Crippen molar-refractivity contribution < 1.29 is 38.2 Å². The van der Waals surface area contributed by atoms with E-state index in [9.17, 15) is 44.2 Å². The van der Waals surface area contributed by atoms with Crippen molar-refractivity contribution >= 4 is 79.0 Å². The van der Waals surface area contributed by atoms with Gasteiger partial charge in [-0.2, -0.15) is 19.1 Å². The van der Waals surface area contributed by atoms with E-state index < -0.39 is 46.1 Å². The second-order valence-corrected chi connectivity index (χ2v) is 23.1. The van der Waals surface area contributed by atoms with Crippen molar-refractivity contribution in [2.24, 2.45) is 0 Å². The first-order valence-corrected chi connectivity index (χ1v) is 25.6. The van der Waals surface area contributed by atoms with E-state index in [0.29, 0.717) is 46.9 Å². The van der Waals surface area contributed by atoms with Crippen molar-refractivity contribution in [2.75, 3.05) is 50.2 Å². The van der Waals surface area contributed by atoms with Gasteiger partial charge in [-0.1, -0.05) is 12.1 Å². The Balaban J connectivity index is 1.05. The Labute approximate surface area is 371 Å². The van der Waals surface area contributed by atoms with E-state index in [2.05, 4.69) is 36.9 Å². The van der Waals surface area contributed by atoms with Gasteiger partial charge in [0.2, 0.25) is 20.0 Å². The first-order chi connectivity index (χ1) is 30.3. The van der Waals surface area contributed by atoms with Gasteiger partial charge in [-0.15, -0.1) is 0 Å². The standard InChI is InChI=1S/C42H43N10O8S4/c1-26-5-15-37(41-39(26)28(19-43)21-46-41)48-61(53,54)34-9-13-36(14-10-34)64(59,60)52-25-31(50(2)3)18-30(52)17-27-6-16-38(42-40(27)29(20-44)22-47-42)49-62(55,56)33-7-11-35(12-8-33)63(57,58)51(4)32-23-45-24-32/h5-16,21-22,30,32,45-49H,17-18,23-25H2,1-4H3/q+1. The van der Waals surface area contributed by atoms with Crippen LogP contribution in [0.1, 0.15) is 28.7 Å². The third-order valence-corrected chi connectivity index (χ3v) is 18.4. The zero-order valence-corrected chi connectivity index (χ0v) is 38.2. The molecule has 0 aliphatic carbocycles. The Morgan fingerprint density at radius 3 is 1.73 bits per heavy atom. The number of rotatable bonds is 13. The molecular formula is C42H43N10O8S4+. The zero-order chi connectivity index (χ0) is 45.9. The molecule has 2 saturated heterocycles. The number of hydrogen-bond acceptors (Lipinski definition) is 11. The number of aryl methyl sites for hydroxylation is 1. The number of hydrogen-bond donors (Lipinski definition) is 5. The molecule has 2 aliphatic heterocycles. The fourth-order valence-corrected chi connectivity index (χ4v) is 13.2. The molecule has 0 spiro atoms. The maximum Gasteiger partial charge on any atom is 0.261 e. The minimum Gasteiger partial charge on any atom is -0.358 e. The molecule has 0 bridgehead atoms.